The number of fused-ring (bicyclic) bond motifs is 1. The maximum absolute atomic E-state index is 14.6. The molecule has 10 heteroatoms. The van der Waals surface area contributed by atoms with Crippen molar-refractivity contribution in [1.29, 1.82) is 0 Å². The Labute approximate surface area is 191 Å². The lowest BCUT2D eigenvalue weighted by molar-refractivity contribution is 0.102. The van der Waals surface area contributed by atoms with Gasteiger partial charge in [-0.3, -0.25) is 9.78 Å². The molecule has 0 unspecified atom stereocenters. The van der Waals surface area contributed by atoms with Crippen LogP contribution in [-0.2, 0) is 17.8 Å². The van der Waals surface area contributed by atoms with Crippen LogP contribution in [0.5, 0.6) is 0 Å². The fourth-order valence-corrected chi connectivity index (χ4v) is 3.87. The second kappa shape index (κ2) is 9.50. The van der Waals surface area contributed by atoms with E-state index in [0.717, 1.165) is 12.1 Å². The lowest BCUT2D eigenvalue weighted by Crippen LogP contribution is -2.28. The third-order valence-electron chi connectivity index (χ3n) is 5.22. The largest absolute Gasteiger partial charge is 0.443 e. The molecule has 2 N–H and O–H groups in total. The molecule has 0 fully saturated rings. The van der Waals surface area contributed by atoms with Crippen molar-refractivity contribution in [2.24, 2.45) is 0 Å². The minimum Gasteiger partial charge on any atom is -0.443 e. The number of carbonyl (C=O) groups excluding carboxylic acids is 2. The van der Waals surface area contributed by atoms with Gasteiger partial charge >= 0.3 is 6.09 Å². The molecule has 6 nitrogen and oxygen atoms in total. The highest BCUT2D eigenvalue weighted by Gasteiger charge is 2.31. The summed E-state index contributed by atoms with van der Waals surface area (Å²) in [5.74, 6) is -2.34. The standard InChI is InChI=1S/C23H17ClF3N3O3/c24-15-10-12(3-6-16(15)25)29-22(31)14-4-7-18(27)21-13(14)5-8-19(21)30-23(32)33-11-20-17(26)2-1-9-28-20/h1-4,6-7,9-10,19H,5,8,11H2,(H,29,31)(H,30,32)/t19-/m0/s1. The van der Waals surface area contributed by atoms with Crippen LogP contribution in [0.3, 0.4) is 0 Å². The van der Waals surface area contributed by atoms with Crippen LogP contribution in [0.4, 0.5) is 23.7 Å². The van der Waals surface area contributed by atoms with Crippen LogP contribution in [-0.4, -0.2) is 17.0 Å². The number of aromatic nitrogens is 1. The van der Waals surface area contributed by atoms with Gasteiger partial charge in [-0.05, 0) is 60.9 Å². The summed E-state index contributed by atoms with van der Waals surface area (Å²) < 4.78 is 46.6. The number of halogens is 4. The van der Waals surface area contributed by atoms with Crippen LogP contribution in [0.2, 0.25) is 5.02 Å². The first kappa shape index (κ1) is 22.6. The van der Waals surface area contributed by atoms with Crippen LogP contribution >= 0.6 is 11.6 Å². The van der Waals surface area contributed by atoms with Gasteiger partial charge in [-0.2, -0.15) is 0 Å². The Morgan fingerprint density at radius 1 is 1.09 bits per heavy atom. The summed E-state index contributed by atoms with van der Waals surface area (Å²) in [4.78, 5) is 28.8. The molecule has 1 aromatic heterocycles. The minimum absolute atomic E-state index is 0.0366. The van der Waals surface area contributed by atoms with Crippen molar-refractivity contribution in [3.8, 4) is 0 Å². The molecule has 33 heavy (non-hydrogen) atoms. The van der Waals surface area contributed by atoms with E-state index < -0.39 is 35.5 Å². The highest BCUT2D eigenvalue weighted by atomic mass is 35.5. The zero-order valence-electron chi connectivity index (χ0n) is 17.0. The van der Waals surface area contributed by atoms with E-state index in [4.69, 9.17) is 16.3 Å². The number of alkyl carbamates (subject to hydrolysis) is 1. The van der Waals surface area contributed by atoms with Crippen molar-refractivity contribution >= 4 is 29.3 Å². The summed E-state index contributed by atoms with van der Waals surface area (Å²) in [5, 5.41) is 5.01. The van der Waals surface area contributed by atoms with Crippen molar-refractivity contribution in [3.63, 3.8) is 0 Å². The van der Waals surface area contributed by atoms with E-state index in [9.17, 15) is 22.8 Å². The third-order valence-corrected chi connectivity index (χ3v) is 5.51. The minimum atomic E-state index is -0.867. The van der Waals surface area contributed by atoms with Gasteiger partial charge in [0.1, 0.15) is 29.8 Å². The van der Waals surface area contributed by atoms with Gasteiger partial charge in [-0.15, -0.1) is 0 Å². The van der Waals surface area contributed by atoms with Crippen LogP contribution in [0.15, 0.2) is 48.7 Å². The Balaban J connectivity index is 1.47. The van der Waals surface area contributed by atoms with Crippen molar-refractivity contribution in [2.75, 3.05) is 5.32 Å². The number of carbonyl (C=O) groups is 2. The molecule has 0 spiro atoms. The molecule has 0 radical (unpaired) electrons. The smallest absolute Gasteiger partial charge is 0.408 e. The number of hydrogen-bond acceptors (Lipinski definition) is 4. The van der Waals surface area contributed by atoms with Crippen LogP contribution in [0, 0.1) is 17.5 Å². The molecule has 2 amide bonds. The first-order chi connectivity index (χ1) is 15.8. The molecule has 0 saturated heterocycles. The molecular formula is C23H17ClF3N3O3. The van der Waals surface area contributed by atoms with Gasteiger partial charge < -0.3 is 15.4 Å². The molecule has 1 aliphatic rings. The summed E-state index contributed by atoms with van der Waals surface area (Å²) in [6.07, 6.45) is 1.17. The summed E-state index contributed by atoms with van der Waals surface area (Å²) in [6, 6.07) is 8.11. The van der Waals surface area contributed by atoms with E-state index in [0.29, 0.717) is 18.4 Å². The van der Waals surface area contributed by atoms with Gasteiger partial charge in [-0.1, -0.05) is 11.6 Å². The molecular weight excluding hydrogens is 459 g/mol. The van der Waals surface area contributed by atoms with E-state index in [-0.39, 0.29) is 34.1 Å². The van der Waals surface area contributed by atoms with Gasteiger partial charge in [0.15, 0.2) is 0 Å². The quantitative estimate of drug-likeness (QED) is 0.523. The van der Waals surface area contributed by atoms with Gasteiger partial charge in [0.2, 0.25) is 0 Å². The lowest BCUT2D eigenvalue weighted by Gasteiger charge is -2.16. The predicted octanol–water partition coefficient (Wildman–Crippen LogP) is 5.32. The molecule has 1 aliphatic carbocycles. The number of pyridine rings is 1. The number of ether oxygens (including phenoxy) is 1. The molecule has 170 valence electrons. The molecule has 1 atom stereocenters. The highest BCUT2D eigenvalue weighted by molar-refractivity contribution is 6.31. The van der Waals surface area contributed by atoms with Crippen LogP contribution in [0.25, 0.3) is 0 Å². The molecule has 1 heterocycles. The first-order valence-corrected chi connectivity index (χ1v) is 10.3. The Kier molecular flexibility index (Phi) is 6.50. The number of nitrogens with zero attached hydrogens (tertiary/aromatic N) is 1. The van der Waals surface area contributed by atoms with Crippen molar-refractivity contribution in [1.82, 2.24) is 10.3 Å². The average Bonchev–Trinajstić information content (AvgIpc) is 3.20. The number of rotatable bonds is 5. The lowest BCUT2D eigenvalue weighted by atomic mass is 10.0. The van der Waals surface area contributed by atoms with Gasteiger partial charge in [-0.25, -0.2) is 18.0 Å². The maximum atomic E-state index is 14.6. The van der Waals surface area contributed by atoms with Crippen molar-refractivity contribution < 1.29 is 27.5 Å². The Hall–Kier alpha value is -3.59. The fraction of sp³-hybridized carbons (Fsp3) is 0.174. The molecule has 4 rings (SSSR count). The third kappa shape index (κ3) is 4.93. The van der Waals surface area contributed by atoms with E-state index in [1.807, 2.05) is 0 Å². The number of benzene rings is 2. The van der Waals surface area contributed by atoms with Gasteiger partial charge in [0, 0.05) is 23.0 Å². The average molecular weight is 476 g/mol. The van der Waals surface area contributed by atoms with E-state index in [2.05, 4.69) is 15.6 Å². The SMILES string of the molecule is O=C(N[C@H]1CCc2c(C(=O)Nc3ccc(F)c(Cl)c3)ccc(F)c21)OCc1ncccc1F. The molecule has 3 aromatic rings. The topological polar surface area (TPSA) is 80.3 Å². The fourth-order valence-electron chi connectivity index (χ4n) is 3.69. The van der Waals surface area contributed by atoms with E-state index in [1.165, 1.54) is 36.5 Å². The predicted molar refractivity (Wildman–Crippen MR) is 114 cm³/mol. The van der Waals surface area contributed by atoms with E-state index in [1.54, 1.807) is 0 Å². The molecule has 0 aliphatic heterocycles. The summed E-state index contributed by atoms with van der Waals surface area (Å²) in [6.45, 7) is -0.386. The Bertz CT molecular complexity index is 1240. The first-order valence-electron chi connectivity index (χ1n) is 9.94. The van der Waals surface area contributed by atoms with Crippen molar-refractivity contribution in [3.05, 3.63) is 93.5 Å². The van der Waals surface area contributed by atoms with E-state index >= 15 is 0 Å². The Morgan fingerprint density at radius 2 is 1.88 bits per heavy atom. The zero-order valence-corrected chi connectivity index (χ0v) is 17.8. The van der Waals surface area contributed by atoms with Gasteiger partial charge in [0.25, 0.3) is 5.91 Å². The number of amides is 2. The molecule has 0 saturated carbocycles. The monoisotopic (exact) mass is 475 g/mol. The molecule has 0 bridgehead atoms. The molecule has 2 aromatic carbocycles. The Morgan fingerprint density at radius 3 is 2.64 bits per heavy atom. The van der Waals surface area contributed by atoms with Gasteiger partial charge in [0.05, 0.1) is 11.1 Å². The van der Waals surface area contributed by atoms with Crippen LogP contribution in [0.1, 0.15) is 39.6 Å². The second-order valence-electron chi connectivity index (χ2n) is 7.31. The highest BCUT2D eigenvalue weighted by Crippen LogP contribution is 2.36. The summed E-state index contributed by atoms with van der Waals surface area (Å²) in [7, 11) is 0. The second-order valence-corrected chi connectivity index (χ2v) is 7.72. The maximum Gasteiger partial charge on any atom is 0.408 e. The van der Waals surface area contributed by atoms with Crippen molar-refractivity contribution in [2.45, 2.75) is 25.5 Å². The van der Waals surface area contributed by atoms with Crippen LogP contribution < -0.4 is 10.6 Å². The normalized spacial score (nSPS) is 14.5. The number of anilines is 1. The summed E-state index contributed by atoms with van der Waals surface area (Å²) >= 11 is 5.75. The number of hydrogen-bond donors (Lipinski definition) is 2. The summed E-state index contributed by atoms with van der Waals surface area (Å²) in [5.41, 5.74) is 1.09. The zero-order chi connectivity index (χ0) is 23.5. The number of nitrogens with one attached hydrogen (secondary N) is 2.